The maximum atomic E-state index is 13.5. The molecule has 4 aromatic rings. The molecular formula is C41H52Cl3F. The molecule has 0 spiro atoms. The quantitative estimate of drug-likeness (QED) is 0.198. The number of benzene rings is 4. The third-order valence-corrected chi connectivity index (χ3v) is 9.00. The molecule has 1 fully saturated rings. The van der Waals surface area contributed by atoms with Crippen LogP contribution in [0.1, 0.15) is 137 Å². The van der Waals surface area contributed by atoms with Gasteiger partial charge in [0.2, 0.25) is 0 Å². The first-order chi connectivity index (χ1) is 21.1. The maximum Gasteiger partial charge on any atom is 0.142 e. The van der Waals surface area contributed by atoms with Crippen molar-refractivity contribution in [3.05, 3.63) is 139 Å². The monoisotopic (exact) mass is 668 g/mol. The van der Waals surface area contributed by atoms with Crippen LogP contribution in [0.2, 0.25) is 15.1 Å². The summed E-state index contributed by atoms with van der Waals surface area (Å²) in [5.41, 5.74) is 8.80. The molecule has 45 heavy (non-hydrogen) atoms. The standard InChI is InChI=1S/C12H14ClF.2C10H14.C9H10Cl2/c1-7(2)9-5-10(8-3-4-8)12(13)11(14)6-9;2*1-8(2)10-6-4-9(3)5-7-10;1-6(2)7-3-4-8(10)9(11)5-7/h5-8H,3-4H2,1-2H3;2*4-8H,1-3H3;3-6H,1-2H3. The van der Waals surface area contributed by atoms with Crippen molar-refractivity contribution >= 4 is 34.8 Å². The molecule has 1 aliphatic rings. The molecule has 0 aliphatic heterocycles. The molecule has 244 valence electrons. The van der Waals surface area contributed by atoms with Crippen LogP contribution < -0.4 is 0 Å². The Morgan fingerprint density at radius 3 is 1.27 bits per heavy atom. The van der Waals surface area contributed by atoms with Gasteiger partial charge in [0.05, 0.1) is 15.1 Å². The molecule has 0 unspecified atom stereocenters. The van der Waals surface area contributed by atoms with Gasteiger partial charge in [-0.05, 0) is 102 Å². The lowest BCUT2D eigenvalue weighted by molar-refractivity contribution is 0.621. The van der Waals surface area contributed by atoms with E-state index in [0.29, 0.717) is 44.7 Å². The Balaban J connectivity index is 0.000000211. The Morgan fingerprint density at radius 1 is 0.511 bits per heavy atom. The van der Waals surface area contributed by atoms with Crippen LogP contribution in [-0.4, -0.2) is 0 Å². The Morgan fingerprint density at radius 2 is 0.911 bits per heavy atom. The predicted molar refractivity (Wildman–Crippen MR) is 199 cm³/mol. The number of halogens is 4. The zero-order valence-corrected chi connectivity index (χ0v) is 31.1. The zero-order valence-electron chi connectivity index (χ0n) is 28.8. The summed E-state index contributed by atoms with van der Waals surface area (Å²) in [5, 5.41) is 1.59. The third-order valence-electron chi connectivity index (χ3n) is 7.86. The molecule has 0 aromatic heterocycles. The molecule has 0 N–H and O–H groups in total. The van der Waals surface area contributed by atoms with Crippen molar-refractivity contribution in [1.29, 1.82) is 0 Å². The summed E-state index contributed by atoms with van der Waals surface area (Å²) in [7, 11) is 0. The summed E-state index contributed by atoms with van der Waals surface area (Å²) >= 11 is 17.5. The van der Waals surface area contributed by atoms with E-state index in [-0.39, 0.29) is 5.82 Å². The second-order valence-electron chi connectivity index (χ2n) is 13.3. The van der Waals surface area contributed by atoms with Crippen molar-refractivity contribution in [3.63, 3.8) is 0 Å². The molecule has 4 aromatic carbocycles. The Kier molecular flexibility index (Phi) is 16.2. The molecule has 0 bridgehead atoms. The van der Waals surface area contributed by atoms with Gasteiger partial charge >= 0.3 is 0 Å². The summed E-state index contributed by atoms with van der Waals surface area (Å²) in [6, 6.07) is 26.8. The van der Waals surface area contributed by atoms with Gasteiger partial charge in [0.25, 0.3) is 0 Å². The minimum absolute atomic E-state index is 0.264. The van der Waals surface area contributed by atoms with Crippen molar-refractivity contribution < 1.29 is 4.39 Å². The summed E-state index contributed by atoms with van der Waals surface area (Å²) in [4.78, 5) is 0. The second kappa shape index (κ2) is 18.7. The lowest BCUT2D eigenvalue weighted by Crippen LogP contribution is -1.94. The average molecular weight is 670 g/mol. The minimum Gasteiger partial charge on any atom is -0.205 e. The Labute approximate surface area is 288 Å². The summed E-state index contributed by atoms with van der Waals surface area (Å²) in [6.07, 6.45) is 2.31. The highest BCUT2D eigenvalue weighted by molar-refractivity contribution is 6.42. The molecule has 5 rings (SSSR count). The largest absolute Gasteiger partial charge is 0.205 e. The SMILES string of the molecule is CC(C)c1cc(F)c(Cl)c(C2CC2)c1.CC(C)c1ccc(Cl)c(Cl)c1.Cc1ccc(C(C)C)cc1.Cc1ccc(C(C)C)cc1. The fourth-order valence-electron chi connectivity index (χ4n) is 4.43. The molecule has 0 radical (unpaired) electrons. The highest BCUT2D eigenvalue weighted by Crippen LogP contribution is 2.44. The van der Waals surface area contributed by atoms with Gasteiger partial charge in [0.1, 0.15) is 5.82 Å². The molecule has 0 saturated heterocycles. The molecule has 1 aliphatic carbocycles. The topological polar surface area (TPSA) is 0 Å². The molecule has 1 saturated carbocycles. The fourth-order valence-corrected chi connectivity index (χ4v) is 5.00. The predicted octanol–water partition coefficient (Wildman–Crippen LogP) is 14.8. The van der Waals surface area contributed by atoms with Crippen LogP contribution in [0.5, 0.6) is 0 Å². The second-order valence-corrected chi connectivity index (χ2v) is 14.5. The van der Waals surface area contributed by atoms with Crippen molar-refractivity contribution in [3.8, 4) is 0 Å². The van der Waals surface area contributed by atoms with E-state index in [1.807, 2.05) is 18.2 Å². The van der Waals surface area contributed by atoms with Crippen LogP contribution in [0.25, 0.3) is 0 Å². The zero-order chi connectivity index (χ0) is 33.8. The van der Waals surface area contributed by atoms with Gasteiger partial charge in [-0.3, -0.25) is 0 Å². The number of hydrogen-bond acceptors (Lipinski definition) is 0. The van der Waals surface area contributed by atoms with Crippen LogP contribution >= 0.6 is 34.8 Å². The van der Waals surface area contributed by atoms with E-state index < -0.39 is 0 Å². The third kappa shape index (κ3) is 13.5. The van der Waals surface area contributed by atoms with Crippen molar-refractivity contribution in [2.45, 2.75) is 112 Å². The molecule has 0 heterocycles. The molecule has 0 atom stereocenters. The average Bonchev–Trinajstić information content (AvgIpc) is 3.83. The van der Waals surface area contributed by atoms with E-state index in [0.717, 1.165) is 24.0 Å². The van der Waals surface area contributed by atoms with E-state index in [9.17, 15) is 4.39 Å². The molecule has 0 amide bonds. The van der Waals surface area contributed by atoms with Crippen molar-refractivity contribution in [2.75, 3.05) is 0 Å². The normalized spacial score (nSPS) is 12.3. The van der Waals surface area contributed by atoms with Crippen molar-refractivity contribution in [1.82, 2.24) is 0 Å². The summed E-state index contributed by atoms with van der Waals surface area (Å²) in [6.45, 7) is 21.5. The van der Waals surface area contributed by atoms with E-state index in [4.69, 9.17) is 34.8 Å². The highest BCUT2D eigenvalue weighted by Gasteiger charge is 2.27. The lowest BCUT2D eigenvalue weighted by Gasteiger charge is -2.10. The van der Waals surface area contributed by atoms with E-state index in [2.05, 4.69) is 124 Å². The first-order valence-electron chi connectivity index (χ1n) is 16.2. The number of aryl methyl sites for hydroxylation is 2. The molecular weight excluding hydrogens is 618 g/mol. The molecule has 0 nitrogen and oxygen atoms in total. The fraction of sp³-hybridized carbons (Fsp3) is 0.415. The van der Waals surface area contributed by atoms with E-state index in [1.54, 1.807) is 6.07 Å². The Bertz CT molecular complexity index is 1400. The van der Waals surface area contributed by atoms with Crippen LogP contribution in [-0.2, 0) is 0 Å². The van der Waals surface area contributed by atoms with E-state index in [1.165, 1.54) is 27.8 Å². The van der Waals surface area contributed by atoms with Crippen LogP contribution in [0.4, 0.5) is 4.39 Å². The van der Waals surface area contributed by atoms with Gasteiger partial charge in [-0.25, -0.2) is 4.39 Å². The van der Waals surface area contributed by atoms with Crippen molar-refractivity contribution in [2.24, 2.45) is 0 Å². The van der Waals surface area contributed by atoms with Gasteiger partial charge in [-0.2, -0.15) is 0 Å². The number of rotatable bonds is 5. The smallest absolute Gasteiger partial charge is 0.142 e. The van der Waals surface area contributed by atoms with Crippen LogP contribution in [0.3, 0.4) is 0 Å². The van der Waals surface area contributed by atoms with Gasteiger partial charge in [0, 0.05) is 0 Å². The Hall–Kier alpha value is -2.32. The van der Waals surface area contributed by atoms with Crippen LogP contribution in [0, 0.1) is 19.7 Å². The summed E-state index contributed by atoms with van der Waals surface area (Å²) < 4.78 is 13.5. The van der Waals surface area contributed by atoms with Gasteiger partial charge in [0.15, 0.2) is 0 Å². The first-order valence-corrected chi connectivity index (χ1v) is 17.3. The lowest BCUT2D eigenvalue weighted by atomic mass is 9.99. The minimum atomic E-state index is -0.264. The van der Waals surface area contributed by atoms with Crippen LogP contribution in [0.15, 0.2) is 78.9 Å². The van der Waals surface area contributed by atoms with Gasteiger partial charge in [-0.1, -0.05) is 162 Å². The van der Waals surface area contributed by atoms with Gasteiger partial charge < -0.3 is 0 Å². The maximum absolute atomic E-state index is 13.5. The summed E-state index contributed by atoms with van der Waals surface area (Å²) in [5.74, 6) is 2.42. The van der Waals surface area contributed by atoms with E-state index >= 15 is 0 Å². The first kappa shape index (κ1) is 38.9. The number of hydrogen-bond donors (Lipinski definition) is 0. The highest BCUT2D eigenvalue weighted by atomic mass is 35.5. The molecule has 4 heteroatoms. The van der Waals surface area contributed by atoms with Gasteiger partial charge in [-0.15, -0.1) is 0 Å².